The summed E-state index contributed by atoms with van der Waals surface area (Å²) >= 11 is 10.4. The molecule has 0 fully saturated rings. The van der Waals surface area contributed by atoms with E-state index in [-0.39, 0.29) is 11.2 Å². The monoisotopic (exact) mass is 373 g/mol. The van der Waals surface area contributed by atoms with Crippen LogP contribution in [0.3, 0.4) is 0 Å². The van der Waals surface area contributed by atoms with Crippen molar-refractivity contribution in [1.29, 1.82) is 0 Å². The lowest BCUT2D eigenvalue weighted by Gasteiger charge is -2.10. The van der Waals surface area contributed by atoms with Gasteiger partial charge in [0, 0.05) is 15.7 Å². The highest BCUT2D eigenvalue weighted by atomic mass is 35.5. The average Bonchev–Trinajstić information content (AvgIpc) is 2.95. The molecule has 1 amide bonds. The maximum atomic E-state index is 12.2. The van der Waals surface area contributed by atoms with E-state index in [1.807, 2.05) is 31.2 Å². The average molecular weight is 374 g/mol. The Morgan fingerprint density at radius 1 is 1.36 bits per heavy atom. The van der Waals surface area contributed by atoms with Crippen LogP contribution in [-0.2, 0) is 4.79 Å². The minimum atomic E-state index is -0.225. The maximum Gasteiger partial charge on any atom is 0.239 e. The van der Waals surface area contributed by atoms with E-state index < -0.39 is 0 Å². The maximum absolute atomic E-state index is 12.2. The van der Waals surface area contributed by atoms with Crippen molar-refractivity contribution in [1.82, 2.24) is 10.2 Å². The molecule has 1 aromatic heterocycles. The molecule has 118 valence electrons. The third-order valence-corrected chi connectivity index (χ3v) is 6.10. The number of carbonyl (C=O) groups is 1. The van der Waals surface area contributed by atoms with Crippen LogP contribution >= 0.6 is 46.5 Å². The zero-order valence-electron chi connectivity index (χ0n) is 12.2. The van der Waals surface area contributed by atoms with Crippen molar-refractivity contribution in [3.05, 3.63) is 29.3 Å². The molecule has 0 aliphatic carbocycles. The minimum Gasteiger partial charge on any atom is -0.300 e. The summed E-state index contributed by atoms with van der Waals surface area (Å²) in [5, 5.41) is 11.9. The van der Waals surface area contributed by atoms with Crippen LogP contribution in [-0.4, -0.2) is 27.1 Å². The van der Waals surface area contributed by atoms with Gasteiger partial charge in [-0.3, -0.25) is 10.1 Å². The van der Waals surface area contributed by atoms with Gasteiger partial charge in [0.25, 0.3) is 0 Å². The van der Waals surface area contributed by atoms with Gasteiger partial charge in [-0.1, -0.05) is 41.6 Å². The molecular formula is C14H16ClN3OS3. The third kappa shape index (κ3) is 5.46. The lowest BCUT2D eigenvalue weighted by Crippen LogP contribution is -2.22. The van der Waals surface area contributed by atoms with Crippen LogP contribution in [0.25, 0.3) is 0 Å². The molecule has 1 aromatic carbocycles. The number of benzene rings is 1. The van der Waals surface area contributed by atoms with E-state index in [0.29, 0.717) is 10.2 Å². The van der Waals surface area contributed by atoms with Crippen molar-refractivity contribution in [2.24, 2.45) is 0 Å². The van der Waals surface area contributed by atoms with Gasteiger partial charge in [0.1, 0.15) is 0 Å². The van der Waals surface area contributed by atoms with Gasteiger partial charge in [0.15, 0.2) is 4.34 Å². The molecule has 2 rings (SSSR count). The predicted molar refractivity (Wildman–Crippen MR) is 96.3 cm³/mol. The van der Waals surface area contributed by atoms with Crippen LogP contribution in [0.1, 0.15) is 20.3 Å². The molecule has 0 spiro atoms. The van der Waals surface area contributed by atoms with Crippen molar-refractivity contribution >= 4 is 57.5 Å². The number of nitrogens with one attached hydrogen (secondary N) is 1. The summed E-state index contributed by atoms with van der Waals surface area (Å²) in [6.45, 7) is 3.98. The number of anilines is 1. The molecule has 4 nitrogen and oxygen atoms in total. The van der Waals surface area contributed by atoms with E-state index in [4.69, 9.17) is 11.6 Å². The van der Waals surface area contributed by atoms with Gasteiger partial charge in [-0.2, -0.15) is 0 Å². The third-order valence-electron chi connectivity index (χ3n) is 2.56. The molecule has 8 heteroatoms. The smallest absolute Gasteiger partial charge is 0.239 e. The van der Waals surface area contributed by atoms with Gasteiger partial charge in [-0.05, 0) is 37.6 Å². The highest BCUT2D eigenvalue weighted by molar-refractivity contribution is 8.01. The van der Waals surface area contributed by atoms with Crippen LogP contribution in [0.15, 0.2) is 33.5 Å². The SMILES string of the molecule is CCCSc1nnc(NC(=O)C(C)Sc2ccc(Cl)cc2)s1. The Morgan fingerprint density at radius 3 is 2.77 bits per heavy atom. The fraction of sp³-hybridized carbons (Fsp3) is 0.357. The molecule has 1 unspecified atom stereocenters. The number of aromatic nitrogens is 2. The highest BCUT2D eigenvalue weighted by Gasteiger charge is 2.16. The molecule has 0 aliphatic heterocycles. The Balaban J connectivity index is 1.88. The summed E-state index contributed by atoms with van der Waals surface area (Å²) in [5.74, 6) is 0.925. The summed E-state index contributed by atoms with van der Waals surface area (Å²) < 4.78 is 0.884. The molecule has 2 aromatic rings. The van der Waals surface area contributed by atoms with Gasteiger partial charge >= 0.3 is 0 Å². The van der Waals surface area contributed by atoms with Crippen LogP contribution in [0.4, 0.5) is 5.13 Å². The second-order valence-electron chi connectivity index (χ2n) is 4.42. The summed E-state index contributed by atoms with van der Waals surface area (Å²) in [7, 11) is 0. The van der Waals surface area contributed by atoms with E-state index in [2.05, 4.69) is 22.4 Å². The molecule has 1 heterocycles. The molecule has 1 N–H and O–H groups in total. The number of carbonyl (C=O) groups excluding carboxylic acids is 1. The second kappa shape index (κ2) is 8.76. The van der Waals surface area contributed by atoms with Gasteiger partial charge < -0.3 is 0 Å². The minimum absolute atomic E-state index is 0.0804. The van der Waals surface area contributed by atoms with Crippen molar-refractivity contribution < 1.29 is 4.79 Å². The first-order valence-electron chi connectivity index (χ1n) is 6.78. The van der Waals surface area contributed by atoms with Crippen molar-refractivity contribution in [2.75, 3.05) is 11.1 Å². The van der Waals surface area contributed by atoms with Crippen LogP contribution in [0.5, 0.6) is 0 Å². The molecule has 0 saturated carbocycles. The molecule has 1 atom stereocenters. The number of halogens is 1. The zero-order chi connectivity index (χ0) is 15.9. The predicted octanol–water partition coefficient (Wildman–Crippen LogP) is 4.81. The van der Waals surface area contributed by atoms with Crippen molar-refractivity contribution in [2.45, 2.75) is 34.8 Å². The van der Waals surface area contributed by atoms with Gasteiger partial charge in [-0.15, -0.1) is 22.0 Å². The van der Waals surface area contributed by atoms with Gasteiger partial charge in [0.05, 0.1) is 5.25 Å². The van der Waals surface area contributed by atoms with Crippen molar-refractivity contribution in [3.63, 3.8) is 0 Å². The Kier molecular flexibility index (Phi) is 7.01. The Hall–Kier alpha value is -0.760. The molecule has 0 saturated heterocycles. The number of nitrogens with zero attached hydrogens (tertiary/aromatic N) is 2. The summed E-state index contributed by atoms with van der Waals surface area (Å²) in [6, 6.07) is 7.44. The van der Waals surface area contributed by atoms with E-state index in [1.165, 1.54) is 23.1 Å². The first-order valence-corrected chi connectivity index (χ1v) is 9.84. The number of amides is 1. The Labute approximate surface area is 147 Å². The summed E-state index contributed by atoms with van der Waals surface area (Å²) in [4.78, 5) is 13.2. The zero-order valence-corrected chi connectivity index (χ0v) is 15.4. The molecule has 22 heavy (non-hydrogen) atoms. The standard InChI is InChI=1S/C14H16ClN3OS3/c1-3-8-20-14-18-17-13(22-14)16-12(19)9(2)21-11-6-4-10(15)5-7-11/h4-7,9H,3,8H2,1-2H3,(H,16,17,19). The number of hydrogen-bond donors (Lipinski definition) is 1. The lowest BCUT2D eigenvalue weighted by atomic mass is 10.4. The quantitative estimate of drug-likeness (QED) is 0.557. The Bertz CT molecular complexity index is 618. The van der Waals surface area contributed by atoms with Crippen LogP contribution in [0, 0.1) is 0 Å². The largest absolute Gasteiger partial charge is 0.300 e. The van der Waals surface area contributed by atoms with Crippen LogP contribution in [0.2, 0.25) is 5.02 Å². The molecule has 0 aliphatic rings. The van der Waals surface area contributed by atoms with Gasteiger partial charge in [-0.25, -0.2) is 0 Å². The fourth-order valence-electron chi connectivity index (χ4n) is 1.49. The highest BCUT2D eigenvalue weighted by Crippen LogP contribution is 2.28. The fourth-order valence-corrected chi connectivity index (χ4v) is 4.16. The van der Waals surface area contributed by atoms with Crippen molar-refractivity contribution in [3.8, 4) is 0 Å². The normalized spacial score (nSPS) is 12.1. The topological polar surface area (TPSA) is 54.9 Å². The molecule has 0 bridgehead atoms. The number of thioether (sulfide) groups is 2. The van der Waals surface area contributed by atoms with Gasteiger partial charge in [0.2, 0.25) is 11.0 Å². The number of rotatable bonds is 7. The summed E-state index contributed by atoms with van der Waals surface area (Å²) in [5.41, 5.74) is 0. The lowest BCUT2D eigenvalue weighted by molar-refractivity contribution is -0.115. The van der Waals surface area contributed by atoms with E-state index in [0.717, 1.165) is 21.4 Å². The van der Waals surface area contributed by atoms with E-state index in [9.17, 15) is 4.79 Å². The second-order valence-corrected chi connectivity index (χ2v) is 8.60. The molecular weight excluding hydrogens is 358 g/mol. The van der Waals surface area contributed by atoms with Crippen LogP contribution < -0.4 is 5.32 Å². The molecule has 0 radical (unpaired) electrons. The van der Waals surface area contributed by atoms with E-state index in [1.54, 1.807) is 11.8 Å². The number of hydrogen-bond acceptors (Lipinski definition) is 6. The summed E-state index contributed by atoms with van der Waals surface area (Å²) in [6.07, 6.45) is 1.08. The Morgan fingerprint density at radius 2 is 2.09 bits per heavy atom. The van der Waals surface area contributed by atoms with E-state index >= 15 is 0 Å². The first-order chi connectivity index (χ1) is 10.6. The first kappa shape index (κ1) is 17.6.